The molecule has 0 spiro atoms. The summed E-state index contributed by atoms with van der Waals surface area (Å²) >= 11 is 0. The molecule has 0 aromatic carbocycles. The summed E-state index contributed by atoms with van der Waals surface area (Å²) in [6.07, 6.45) is 3.95. The SMILES string of the molecule is CCC(C)C(C)(C)C.CCC(C)CC. The Morgan fingerprint density at radius 3 is 1.14 bits per heavy atom. The Labute approximate surface area is 92.5 Å². The molecule has 0 rings (SSSR count). The average molecular weight is 200 g/mol. The van der Waals surface area contributed by atoms with Crippen LogP contribution in [0.15, 0.2) is 0 Å². The van der Waals surface area contributed by atoms with Crippen LogP contribution >= 0.6 is 0 Å². The molecule has 0 aliphatic carbocycles. The minimum atomic E-state index is 0.509. The molecular weight excluding hydrogens is 168 g/mol. The monoisotopic (exact) mass is 200 g/mol. The van der Waals surface area contributed by atoms with Crippen molar-refractivity contribution in [2.75, 3.05) is 0 Å². The van der Waals surface area contributed by atoms with E-state index < -0.39 is 0 Å². The van der Waals surface area contributed by atoms with Crippen molar-refractivity contribution in [2.24, 2.45) is 17.3 Å². The molecule has 0 aliphatic heterocycles. The van der Waals surface area contributed by atoms with Crippen LogP contribution in [0.1, 0.15) is 74.7 Å². The zero-order chi connectivity index (χ0) is 11.8. The lowest BCUT2D eigenvalue weighted by atomic mass is 9.81. The summed E-state index contributed by atoms with van der Waals surface area (Å²) < 4.78 is 0. The number of hydrogen-bond donors (Lipinski definition) is 0. The summed E-state index contributed by atoms with van der Waals surface area (Å²) in [6, 6.07) is 0. The molecular formula is C14H32. The van der Waals surface area contributed by atoms with Gasteiger partial charge in [0, 0.05) is 0 Å². The normalized spacial score (nSPS) is 13.5. The maximum absolute atomic E-state index is 2.31. The molecule has 1 atom stereocenters. The van der Waals surface area contributed by atoms with Crippen LogP contribution in [0.3, 0.4) is 0 Å². The molecule has 88 valence electrons. The fourth-order valence-electron chi connectivity index (χ4n) is 0.901. The van der Waals surface area contributed by atoms with E-state index in [1.165, 1.54) is 19.3 Å². The molecule has 0 bridgehead atoms. The summed E-state index contributed by atoms with van der Waals surface area (Å²) in [5, 5.41) is 0. The molecule has 0 fully saturated rings. The van der Waals surface area contributed by atoms with E-state index in [9.17, 15) is 0 Å². The van der Waals surface area contributed by atoms with Crippen molar-refractivity contribution in [1.29, 1.82) is 0 Å². The standard InChI is InChI=1S/C8H18.C6H14/c1-6-7(2)8(3,4)5;1-4-6(3)5-2/h7H,6H2,1-5H3;6H,4-5H2,1-3H3. The Morgan fingerprint density at radius 2 is 1.14 bits per heavy atom. The van der Waals surface area contributed by atoms with Crippen molar-refractivity contribution in [3.05, 3.63) is 0 Å². The van der Waals surface area contributed by atoms with E-state index in [-0.39, 0.29) is 0 Å². The fraction of sp³-hybridized carbons (Fsp3) is 1.00. The molecule has 0 aliphatic rings. The van der Waals surface area contributed by atoms with Gasteiger partial charge in [0.1, 0.15) is 0 Å². The first kappa shape index (κ1) is 16.4. The minimum Gasteiger partial charge on any atom is -0.0651 e. The van der Waals surface area contributed by atoms with Crippen LogP contribution in [0.4, 0.5) is 0 Å². The zero-order valence-corrected chi connectivity index (χ0v) is 11.8. The van der Waals surface area contributed by atoms with Crippen LogP contribution in [0.5, 0.6) is 0 Å². The third-order valence-corrected chi connectivity index (χ3v) is 3.48. The Hall–Kier alpha value is 0. The molecule has 1 unspecified atom stereocenters. The highest BCUT2D eigenvalue weighted by atomic mass is 14.2. The Morgan fingerprint density at radius 1 is 0.786 bits per heavy atom. The molecule has 14 heavy (non-hydrogen) atoms. The molecule has 0 saturated heterocycles. The maximum Gasteiger partial charge on any atom is -0.0357 e. The summed E-state index contributed by atoms with van der Waals surface area (Å²) in [6.45, 7) is 18.2. The third-order valence-electron chi connectivity index (χ3n) is 3.48. The van der Waals surface area contributed by atoms with E-state index in [0.717, 1.165) is 11.8 Å². The summed E-state index contributed by atoms with van der Waals surface area (Å²) in [7, 11) is 0. The molecule has 0 radical (unpaired) electrons. The summed E-state index contributed by atoms with van der Waals surface area (Å²) in [4.78, 5) is 0. The molecule has 0 heteroatoms. The second kappa shape index (κ2) is 8.32. The lowest BCUT2D eigenvalue weighted by Crippen LogP contribution is -2.15. The van der Waals surface area contributed by atoms with Crippen LogP contribution in [0.25, 0.3) is 0 Å². The summed E-state index contributed by atoms with van der Waals surface area (Å²) in [5.74, 6) is 1.78. The van der Waals surface area contributed by atoms with E-state index in [2.05, 4.69) is 55.4 Å². The predicted molar refractivity (Wildman–Crippen MR) is 68.7 cm³/mol. The van der Waals surface area contributed by atoms with Crippen molar-refractivity contribution >= 4 is 0 Å². The van der Waals surface area contributed by atoms with Gasteiger partial charge in [0.25, 0.3) is 0 Å². The van der Waals surface area contributed by atoms with E-state index in [0.29, 0.717) is 5.41 Å². The van der Waals surface area contributed by atoms with Gasteiger partial charge in [0.05, 0.1) is 0 Å². The van der Waals surface area contributed by atoms with Crippen LogP contribution in [0.2, 0.25) is 0 Å². The third kappa shape index (κ3) is 10.1. The minimum absolute atomic E-state index is 0.509. The van der Waals surface area contributed by atoms with E-state index in [1.807, 2.05) is 0 Å². The van der Waals surface area contributed by atoms with E-state index in [4.69, 9.17) is 0 Å². The second-order valence-corrected chi connectivity index (χ2v) is 5.60. The first-order valence-electron chi connectivity index (χ1n) is 6.29. The lowest BCUT2D eigenvalue weighted by molar-refractivity contribution is 0.254. The number of rotatable bonds is 3. The first-order valence-corrected chi connectivity index (χ1v) is 6.29. The highest BCUT2D eigenvalue weighted by Gasteiger charge is 2.16. The Bertz CT molecular complexity index is 104. The smallest absolute Gasteiger partial charge is 0.0357 e. The van der Waals surface area contributed by atoms with Gasteiger partial charge < -0.3 is 0 Å². The fourth-order valence-corrected chi connectivity index (χ4v) is 0.901. The van der Waals surface area contributed by atoms with Gasteiger partial charge >= 0.3 is 0 Å². The predicted octanol–water partition coefficient (Wildman–Crippen LogP) is 5.52. The van der Waals surface area contributed by atoms with Gasteiger partial charge in [-0.2, -0.15) is 0 Å². The molecule has 0 nitrogen and oxygen atoms in total. The lowest BCUT2D eigenvalue weighted by Gasteiger charge is -2.25. The Balaban J connectivity index is 0. The maximum atomic E-state index is 2.31. The van der Waals surface area contributed by atoms with Gasteiger partial charge in [0.15, 0.2) is 0 Å². The van der Waals surface area contributed by atoms with E-state index in [1.54, 1.807) is 0 Å². The average Bonchev–Trinajstić information content (AvgIpc) is 2.14. The quantitative estimate of drug-likeness (QED) is 0.562. The van der Waals surface area contributed by atoms with Gasteiger partial charge in [-0.15, -0.1) is 0 Å². The molecule has 0 heterocycles. The van der Waals surface area contributed by atoms with Gasteiger partial charge in [-0.25, -0.2) is 0 Å². The molecule has 0 N–H and O–H groups in total. The number of hydrogen-bond acceptors (Lipinski definition) is 0. The van der Waals surface area contributed by atoms with Crippen molar-refractivity contribution in [3.63, 3.8) is 0 Å². The van der Waals surface area contributed by atoms with Gasteiger partial charge in [-0.05, 0) is 17.3 Å². The Kier molecular flexibility index (Phi) is 9.76. The van der Waals surface area contributed by atoms with Crippen LogP contribution in [-0.4, -0.2) is 0 Å². The van der Waals surface area contributed by atoms with Crippen LogP contribution < -0.4 is 0 Å². The second-order valence-electron chi connectivity index (χ2n) is 5.60. The van der Waals surface area contributed by atoms with Gasteiger partial charge in [-0.3, -0.25) is 0 Å². The molecule has 0 saturated carbocycles. The van der Waals surface area contributed by atoms with Crippen molar-refractivity contribution in [2.45, 2.75) is 74.7 Å². The van der Waals surface area contributed by atoms with E-state index >= 15 is 0 Å². The van der Waals surface area contributed by atoms with Gasteiger partial charge in [-0.1, -0.05) is 74.7 Å². The van der Waals surface area contributed by atoms with Crippen molar-refractivity contribution in [3.8, 4) is 0 Å². The first-order chi connectivity index (χ1) is 6.29. The topological polar surface area (TPSA) is 0 Å². The summed E-state index contributed by atoms with van der Waals surface area (Å²) in [5.41, 5.74) is 0.509. The van der Waals surface area contributed by atoms with Crippen molar-refractivity contribution < 1.29 is 0 Å². The highest BCUT2D eigenvalue weighted by Crippen LogP contribution is 2.27. The van der Waals surface area contributed by atoms with Crippen LogP contribution in [0, 0.1) is 17.3 Å². The molecule has 0 aromatic heterocycles. The molecule has 0 aromatic rings. The van der Waals surface area contributed by atoms with Crippen molar-refractivity contribution in [1.82, 2.24) is 0 Å². The molecule has 0 amide bonds. The largest absolute Gasteiger partial charge is 0.0651 e. The van der Waals surface area contributed by atoms with Gasteiger partial charge in [0.2, 0.25) is 0 Å². The van der Waals surface area contributed by atoms with Crippen LogP contribution in [-0.2, 0) is 0 Å². The highest BCUT2D eigenvalue weighted by molar-refractivity contribution is 4.67. The zero-order valence-electron chi connectivity index (χ0n) is 11.8.